The van der Waals surface area contributed by atoms with Crippen LogP contribution in [0.5, 0.6) is 11.5 Å². The molecule has 0 atom stereocenters. The van der Waals surface area contributed by atoms with E-state index in [4.69, 9.17) is 15.0 Å². The molecule has 3 N–H and O–H groups in total. The van der Waals surface area contributed by atoms with Gasteiger partial charge in [0.1, 0.15) is 11.5 Å². The molecule has 3 heteroatoms. The smallest absolute Gasteiger partial charge is 0.145 e. The van der Waals surface area contributed by atoms with Gasteiger partial charge in [-0.15, -0.1) is 0 Å². The summed E-state index contributed by atoms with van der Waals surface area (Å²) in [6.45, 7) is 0. The fraction of sp³-hybridized carbons (Fsp3) is 0.143. The van der Waals surface area contributed by atoms with Gasteiger partial charge in [-0.25, -0.2) is 0 Å². The number of aromatic hydroxyl groups is 1. The maximum atomic E-state index is 9.02. The molecule has 0 spiro atoms. The van der Waals surface area contributed by atoms with Gasteiger partial charge in [0.05, 0.1) is 16.8 Å². The zero-order valence-corrected chi connectivity index (χ0v) is 5.16. The number of ether oxygens (including phenoxy) is 1. The van der Waals surface area contributed by atoms with Gasteiger partial charge >= 0.3 is 0 Å². The monoisotopic (exact) mass is 142 g/mol. The van der Waals surface area contributed by atoms with Crippen LogP contribution in [-0.4, -0.2) is 12.1 Å². The van der Waals surface area contributed by atoms with Gasteiger partial charge in [0.15, 0.2) is 0 Å². The maximum absolute atomic E-state index is 9.02. The van der Waals surface area contributed by atoms with Crippen LogP contribution in [0.3, 0.4) is 0 Å². The van der Waals surface area contributed by atoms with E-state index in [2.05, 4.69) is 4.74 Å². The Morgan fingerprint density at radius 2 is 2.50 bits per heavy atom. The van der Waals surface area contributed by atoms with Crippen molar-refractivity contribution >= 4 is 5.69 Å². The maximum Gasteiger partial charge on any atom is 0.145 e. The van der Waals surface area contributed by atoms with Gasteiger partial charge in [0.2, 0.25) is 0 Å². The summed E-state index contributed by atoms with van der Waals surface area (Å²) in [7, 11) is -2.55. The number of nitrogen functional groups attached to an aromatic ring is 1. The van der Waals surface area contributed by atoms with Crippen molar-refractivity contribution in [2.24, 2.45) is 0 Å². The number of anilines is 1. The van der Waals surface area contributed by atoms with Crippen molar-refractivity contribution in [2.45, 2.75) is 0 Å². The third-order valence-corrected chi connectivity index (χ3v) is 1.11. The molecule has 54 valence electrons. The summed E-state index contributed by atoms with van der Waals surface area (Å²) in [4.78, 5) is 0. The standard InChI is InChI=1S/C7H9NO2/c1-10-7-4-5(9)2-3-6(7)8/h2-4,9H,8H2,1H3/i1D3. The van der Waals surface area contributed by atoms with Crippen LogP contribution in [0.15, 0.2) is 18.2 Å². The van der Waals surface area contributed by atoms with Crippen LogP contribution in [-0.2, 0) is 0 Å². The number of nitrogens with two attached hydrogens (primary N) is 1. The highest BCUT2D eigenvalue weighted by molar-refractivity contribution is 5.55. The SMILES string of the molecule is [2H]C([2H])([2H])Oc1cc(O)ccc1N. The average Bonchev–Trinajstić information content (AvgIpc) is 1.94. The second-order valence-corrected chi connectivity index (χ2v) is 1.82. The van der Waals surface area contributed by atoms with Crippen molar-refractivity contribution in [3.63, 3.8) is 0 Å². The molecule has 0 heterocycles. The van der Waals surface area contributed by atoms with Crippen LogP contribution >= 0.6 is 0 Å². The van der Waals surface area contributed by atoms with Crippen LogP contribution in [0, 0.1) is 0 Å². The highest BCUT2D eigenvalue weighted by atomic mass is 16.5. The largest absolute Gasteiger partial charge is 0.508 e. The van der Waals surface area contributed by atoms with E-state index in [0.717, 1.165) is 6.07 Å². The lowest BCUT2D eigenvalue weighted by Crippen LogP contribution is -1.90. The molecule has 0 saturated heterocycles. The number of benzene rings is 1. The Bertz CT molecular complexity index is 311. The van der Waals surface area contributed by atoms with Gasteiger partial charge in [0.25, 0.3) is 0 Å². The molecule has 0 aliphatic rings. The molecule has 0 radical (unpaired) electrons. The fourth-order valence-electron chi connectivity index (χ4n) is 0.611. The molecular formula is C7H9NO2. The van der Waals surface area contributed by atoms with E-state index in [-0.39, 0.29) is 17.2 Å². The first-order valence-corrected chi connectivity index (χ1v) is 2.66. The second-order valence-electron chi connectivity index (χ2n) is 1.82. The van der Waals surface area contributed by atoms with Crippen molar-refractivity contribution in [3.05, 3.63) is 18.2 Å². The molecule has 0 unspecified atom stereocenters. The Kier molecular flexibility index (Phi) is 0.917. The lowest BCUT2D eigenvalue weighted by Gasteiger charge is -2.02. The van der Waals surface area contributed by atoms with Crippen molar-refractivity contribution < 1.29 is 14.0 Å². The van der Waals surface area contributed by atoms with Gasteiger partial charge in [-0.3, -0.25) is 0 Å². The Labute approximate surface area is 63.3 Å². The highest BCUT2D eigenvalue weighted by Crippen LogP contribution is 2.24. The molecular weight excluding hydrogens is 130 g/mol. The van der Waals surface area contributed by atoms with Gasteiger partial charge < -0.3 is 15.6 Å². The first-order valence-electron chi connectivity index (χ1n) is 4.16. The number of phenols is 1. The Hall–Kier alpha value is -1.38. The first kappa shape index (κ1) is 3.71. The molecule has 0 aromatic heterocycles. The van der Waals surface area contributed by atoms with Crippen LogP contribution in [0.2, 0.25) is 0 Å². The van der Waals surface area contributed by atoms with E-state index in [1.54, 1.807) is 0 Å². The Morgan fingerprint density at radius 3 is 3.20 bits per heavy atom. The number of methoxy groups -OCH3 is 1. The summed E-state index contributed by atoms with van der Waals surface area (Å²) in [5.74, 6) is -0.131. The quantitative estimate of drug-likeness (QED) is 0.454. The van der Waals surface area contributed by atoms with Gasteiger partial charge in [-0.2, -0.15) is 0 Å². The van der Waals surface area contributed by atoms with E-state index in [1.165, 1.54) is 12.1 Å². The topological polar surface area (TPSA) is 55.5 Å². The predicted octanol–water partition coefficient (Wildman–Crippen LogP) is 0.983. The van der Waals surface area contributed by atoms with E-state index >= 15 is 0 Å². The molecule has 1 aromatic rings. The average molecular weight is 142 g/mol. The molecule has 0 aliphatic carbocycles. The van der Waals surface area contributed by atoms with Crippen LogP contribution in [0.1, 0.15) is 4.11 Å². The van der Waals surface area contributed by atoms with Crippen molar-refractivity contribution in [3.8, 4) is 11.5 Å². The molecule has 3 nitrogen and oxygen atoms in total. The third kappa shape index (κ3) is 1.13. The lowest BCUT2D eigenvalue weighted by molar-refractivity contribution is 0.410. The van der Waals surface area contributed by atoms with Gasteiger partial charge in [-0.1, -0.05) is 0 Å². The summed E-state index contributed by atoms with van der Waals surface area (Å²) in [6.07, 6.45) is 0. The minimum Gasteiger partial charge on any atom is -0.508 e. The van der Waals surface area contributed by atoms with Crippen LogP contribution < -0.4 is 10.5 Å². The van der Waals surface area contributed by atoms with Crippen LogP contribution in [0.4, 0.5) is 5.69 Å². The molecule has 0 aliphatic heterocycles. The number of hydrogen-bond donors (Lipinski definition) is 2. The van der Waals surface area contributed by atoms with Crippen molar-refractivity contribution in [2.75, 3.05) is 12.8 Å². The van der Waals surface area contributed by atoms with E-state index in [9.17, 15) is 0 Å². The van der Waals surface area contributed by atoms with Gasteiger partial charge in [0, 0.05) is 6.07 Å². The van der Waals surface area contributed by atoms with Crippen LogP contribution in [0.25, 0.3) is 0 Å². The first-order chi connectivity index (χ1) is 5.88. The minimum atomic E-state index is -2.55. The zero-order valence-electron chi connectivity index (χ0n) is 8.16. The summed E-state index contributed by atoms with van der Waals surface area (Å²) in [5.41, 5.74) is 5.59. The Balaban J connectivity index is 2.94. The molecule has 0 saturated carbocycles. The summed E-state index contributed by atoms with van der Waals surface area (Å²) in [6, 6.07) is 3.87. The summed E-state index contributed by atoms with van der Waals surface area (Å²) >= 11 is 0. The molecule has 0 amide bonds. The lowest BCUT2D eigenvalue weighted by atomic mass is 10.3. The van der Waals surface area contributed by atoms with E-state index in [0.29, 0.717) is 0 Å². The number of phenolic OH excluding ortho intramolecular Hbond substituents is 1. The molecule has 0 bridgehead atoms. The Morgan fingerprint density at radius 1 is 1.70 bits per heavy atom. The molecule has 1 aromatic carbocycles. The normalized spacial score (nSPS) is 15.0. The molecule has 10 heavy (non-hydrogen) atoms. The highest BCUT2D eigenvalue weighted by Gasteiger charge is 1.97. The number of rotatable bonds is 1. The summed E-state index contributed by atoms with van der Waals surface area (Å²) < 4.78 is 25.0. The van der Waals surface area contributed by atoms with E-state index < -0.39 is 7.04 Å². The minimum absolute atomic E-state index is 0.0417. The van der Waals surface area contributed by atoms with Crippen molar-refractivity contribution in [1.82, 2.24) is 0 Å². The van der Waals surface area contributed by atoms with Crippen molar-refractivity contribution in [1.29, 1.82) is 0 Å². The van der Waals surface area contributed by atoms with E-state index in [1.807, 2.05) is 0 Å². The number of hydrogen-bond acceptors (Lipinski definition) is 3. The fourth-order valence-corrected chi connectivity index (χ4v) is 0.611. The molecule has 0 fully saturated rings. The zero-order chi connectivity index (χ0) is 10.1. The van der Waals surface area contributed by atoms with Gasteiger partial charge in [-0.05, 0) is 12.1 Å². The second kappa shape index (κ2) is 2.47. The predicted molar refractivity (Wildman–Crippen MR) is 39.1 cm³/mol. The molecule has 1 rings (SSSR count). The third-order valence-electron chi connectivity index (χ3n) is 1.11. The summed E-state index contributed by atoms with van der Waals surface area (Å²) in [5, 5.41) is 9.02.